The number of nitrogens with one attached hydrogen (secondary N) is 1. The third kappa shape index (κ3) is 1.57. The van der Waals surface area contributed by atoms with E-state index in [9.17, 15) is 0 Å². The van der Waals surface area contributed by atoms with Gasteiger partial charge in [0, 0.05) is 6.04 Å². The molecule has 1 aliphatic rings. The zero-order valence-corrected chi connectivity index (χ0v) is 7.73. The fourth-order valence-electron chi connectivity index (χ4n) is 1.07. The van der Waals surface area contributed by atoms with Gasteiger partial charge >= 0.3 is 0 Å². The average Bonchev–Trinajstić information content (AvgIpc) is 2.29. The van der Waals surface area contributed by atoms with Gasteiger partial charge in [0.25, 0.3) is 0 Å². The first-order valence-corrected chi connectivity index (χ1v) is 4.82. The van der Waals surface area contributed by atoms with E-state index in [-0.39, 0.29) is 0 Å². The summed E-state index contributed by atoms with van der Waals surface area (Å²) < 4.78 is 8.87. The van der Waals surface area contributed by atoms with E-state index in [4.69, 9.17) is 4.74 Å². The van der Waals surface area contributed by atoms with Crippen molar-refractivity contribution in [3.63, 3.8) is 0 Å². The lowest BCUT2D eigenvalue weighted by Crippen LogP contribution is -2.24. The van der Waals surface area contributed by atoms with Crippen LogP contribution in [0, 0.1) is 0 Å². The van der Waals surface area contributed by atoms with Gasteiger partial charge in [-0.1, -0.05) is 12.1 Å². The zero-order valence-electron chi connectivity index (χ0n) is 6.91. The van der Waals surface area contributed by atoms with Gasteiger partial charge in [0.15, 0.2) is 0 Å². The minimum atomic E-state index is 0.405. The van der Waals surface area contributed by atoms with Gasteiger partial charge in [-0.15, -0.1) is 0 Å². The Morgan fingerprint density at radius 1 is 1.50 bits per heavy atom. The predicted octanol–water partition coefficient (Wildman–Crippen LogP) is 2.06. The molecule has 1 aliphatic heterocycles. The van der Waals surface area contributed by atoms with E-state index in [1.807, 2.05) is 18.2 Å². The fraction of sp³-hybridized carbons (Fsp3) is 0.333. The molecule has 0 amide bonds. The van der Waals surface area contributed by atoms with E-state index in [1.54, 1.807) is 11.9 Å². The maximum Gasteiger partial charge on any atom is 0.134 e. The summed E-state index contributed by atoms with van der Waals surface area (Å²) in [6.07, 6.45) is 0. The van der Waals surface area contributed by atoms with Crippen LogP contribution in [0.5, 0.6) is 5.75 Å². The van der Waals surface area contributed by atoms with E-state index in [2.05, 4.69) is 17.7 Å². The first-order valence-electron chi connectivity index (χ1n) is 4.00. The van der Waals surface area contributed by atoms with Gasteiger partial charge in [-0.05, 0) is 31.0 Å². The van der Waals surface area contributed by atoms with E-state index >= 15 is 0 Å². The Bertz CT molecular complexity index is 250. The van der Waals surface area contributed by atoms with Crippen LogP contribution in [0.3, 0.4) is 0 Å². The third-order valence-corrected chi connectivity index (χ3v) is 2.79. The summed E-state index contributed by atoms with van der Waals surface area (Å²) in [6.45, 7) is 2.85. The van der Waals surface area contributed by atoms with Gasteiger partial charge in [-0.3, -0.25) is 4.72 Å². The van der Waals surface area contributed by atoms with Crippen LogP contribution in [-0.2, 0) is 0 Å². The van der Waals surface area contributed by atoms with Crippen molar-refractivity contribution in [2.24, 2.45) is 0 Å². The van der Waals surface area contributed by atoms with Gasteiger partial charge in [-0.25, -0.2) is 0 Å². The smallest absolute Gasteiger partial charge is 0.134 e. The number of hydrogen-bond acceptors (Lipinski definition) is 3. The van der Waals surface area contributed by atoms with Crippen molar-refractivity contribution in [2.45, 2.75) is 17.9 Å². The van der Waals surface area contributed by atoms with Crippen molar-refractivity contribution in [1.29, 1.82) is 0 Å². The summed E-state index contributed by atoms with van der Waals surface area (Å²) in [5, 5.41) is 0. The van der Waals surface area contributed by atoms with Crippen LogP contribution >= 0.6 is 11.9 Å². The second-order valence-corrected chi connectivity index (χ2v) is 3.76. The lowest BCUT2D eigenvalue weighted by Gasteiger charge is -2.06. The minimum absolute atomic E-state index is 0.405. The zero-order chi connectivity index (χ0) is 8.39. The molecule has 0 aromatic heterocycles. The highest BCUT2D eigenvalue weighted by Crippen LogP contribution is 2.29. The van der Waals surface area contributed by atoms with Crippen LogP contribution in [-0.4, -0.2) is 12.6 Å². The third-order valence-electron chi connectivity index (χ3n) is 1.71. The van der Waals surface area contributed by atoms with E-state index in [0.29, 0.717) is 6.04 Å². The lowest BCUT2D eigenvalue weighted by molar-refractivity contribution is 0.288. The normalized spacial score (nSPS) is 22.2. The predicted molar refractivity (Wildman–Crippen MR) is 50.4 cm³/mol. The van der Waals surface area contributed by atoms with Crippen LogP contribution < -0.4 is 9.46 Å². The molecule has 0 radical (unpaired) electrons. The van der Waals surface area contributed by atoms with E-state index < -0.39 is 0 Å². The SMILES string of the molecule is CC1COc2ccccc2SN1. The van der Waals surface area contributed by atoms with Gasteiger partial charge in [0.05, 0.1) is 4.90 Å². The molecule has 64 valence electrons. The second kappa shape index (κ2) is 3.37. The van der Waals surface area contributed by atoms with Crippen molar-refractivity contribution in [1.82, 2.24) is 4.72 Å². The molecule has 12 heavy (non-hydrogen) atoms. The van der Waals surface area contributed by atoms with Crippen LogP contribution in [0.25, 0.3) is 0 Å². The summed E-state index contributed by atoms with van der Waals surface area (Å²) in [6, 6.07) is 8.48. The Balaban J connectivity index is 2.26. The summed E-state index contributed by atoms with van der Waals surface area (Å²) in [7, 11) is 0. The van der Waals surface area contributed by atoms with Gasteiger partial charge in [0.2, 0.25) is 0 Å². The van der Waals surface area contributed by atoms with Crippen molar-refractivity contribution < 1.29 is 4.74 Å². The first-order chi connectivity index (χ1) is 5.86. The molecule has 2 rings (SSSR count). The number of para-hydroxylation sites is 1. The molecule has 0 spiro atoms. The van der Waals surface area contributed by atoms with Crippen molar-refractivity contribution in [3.8, 4) is 5.75 Å². The molecule has 1 aromatic carbocycles. The van der Waals surface area contributed by atoms with E-state index in [1.165, 1.54) is 4.90 Å². The Hall–Kier alpha value is -0.670. The molecule has 0 saturated carbocycles. The highest BCUT2D eigenvalue weighted by atomic mass is 32.2. The summed E-state index contributed by atoms with van der Waals surface area (Å²) in [4.78, 5) is 1.17. The van der Waals surface area contributed by atoms with Crippen molar-refractivity contribution in [3.05, 3.63) is 24.3 Å². The molecule has 0 aliphatic carbocycles. The molecule has 1 atom stereocenters. The molecule has 2 nitrogen and oxygen atoms in total. The highest BCUT2D eigenvalue weighted by Gasteiger charge is 2.12. The Morgan fingerprint density at radius 2 is 2.33 bits per heavy atom. The quantitative estimate of drug-likeness (QED) is 0.619. The number of ether oxygens (including phenoxy) is 1. The van der Waals surface area contributed by atoms with E-state index in [0.717, 1.165) is 12.4 Å². The molecule has 1 unspecified atom stereocenters. The standard InChI is InChI=1S/C9H11NOS/c1-7-6-11-8-4-2-3-5-9(8)12-10-7/h2-5,7,10H,6H2,1H3. The van der Waals surface area contributed by atoms with Crippen LogP contribution in [0.15, 0.2) is 29.2 Å². The summed E-state index contributed by atoms with van der Waals surface area (Å²) in [5.74, 6) is 0.986. The van der Waals surface area contributed by atoms with Crippen molar-refractivity contribution in [2.75, 3.05) is 6.61 Å². The Kier molecular flexibility index (Phi) is 2.23. The number of rotatable bonds is 0. The molecule has 1 heterocycles. The minimum Gasteiger partial charge on any atom is -0.491 e. The Morgan fingerprint density at radius 3 is 3.25 bits per heavy atom. The maximum absolute atomic E-state index is 5.58. The highest BCUT2D eigenvalue weighted by molar-refractivity contribution is 7.97. The monoisotopic (exact) mass is 181 g/mol. The molecule has 0 fully saturated rings. The summed E-state index contributed by atoms with van der Waals surface area (Å²) >= 11 is 1.64. The van der Waals surface area contributed by atoms with Crippen LogP contribution in [0.2, 0.25) is 0 Å². The average molecular weight is 181 g/mol. The van der Waals surface area contributed by atoms with Crippen molar-refractivity contribution >= 4 is 11.9 Å². The summed E-state index contributed by atoms with van der Waals surface area (Å²) in [5.41, 5.74) is 0. The van der Waals surface area contributed by atoms with Crippen LogP contribution in [0.1, 0.15) is 6.92 Å². The molecular weight excluding hydrogens is 170 g/mol. The number of fused-ring (bicyclic) bond motifs is 1. The fourth-order valence-corrected chi connectivity index (χ4v) is 1.84. The molecular formula is C9H11NOS. The molecule has 1 aromatic rings. The molecule has 3 heteroatoms. The van der Waals surface area contributed by atoms with Gasteiger partial charge in [-0.2, -0.15) is 0 Å². The lowest BCUT2D eigenvalue weighted by atomic mass is 10.3. The Labute approximate surface area is 76.4 Å². The van der Waals surface area contributed by atoms with Gasteiger partial charge < -0.3 is 4.74 Å². The largest absolute Gasteiger partial charge is 0.491 e. The number of benzene rings is 1. The molecule has 0 bridgehead atoms. The molecule has 0 saturated heterocycles. The molecule has 1 N–H and O–H groups in total. The first kappa shape index (κ1) is 7.95. The number of hydrogen-bond donors (Lipinski definition) is 1. The second-order valence-electron chi connectivity index (χ2n) is 2.88. The van der Waals surface area contributed by atoms with Gasteiger partial charge in [0.1, 0.15) is 12.4 Å². The maximum atomic E-state index is 5.58. The van der Waals surface area contributed by atoms with Crippen LogP contribution in [0.4, 0.5) is 0 Å². The topological polar surface area (TPSA) is 21.3 Å².